The molecule has 0 N–H and O–H groups in total. The van der Waals surface area contributed by atoms with Gasteiger partial charge in [0, 0.05) is 4.83 Å². The zero-order valence-corrected chi connectivity index (χ0v) is 12.6. The fourth-order valence-electron chi connectivity index (χ4n) is 2.55. The molecule has 1 heterocycles. The summed E-state index contributed by atoms with van der Waals surface area (Å²) in [6.45, 7) is 3.66. The van der Waals surface area contributed by atoms with E-state index in [9.17, 15) is 0 Å². The normalized spacial score (nSPS) is 15.3. The smallest absolute Gasteiger partial charge is 0.0725 e. The third kappa shape index (κ3) is 2.90. The number of hydrogen-bond acceptors (Lipinski definition) is 1. The Balaban J connectivity index is 1.78. The van der Waals surface area contributed by atoms with Crippen LogP contribution in [0.5, 0.6) is 0 Å². The lowest BCUT2D eigenvalue weighted by molar-refractivity contribution is 0.134. The van der Waals surface area contributed by atoms with Gasteiger partial charge in [0.2, 0.25) is 0 Å². The molecule has 98 valence electrons. The number of alkyl halides is 1. The zero-order chi connectivity index (χ0) is 13.2. The summed E-state index contributed by atoms with van der Waals surface area (Å²) in [5, 5.41) is 0. The Labute approximate surface area is 122 Å². The van der Waals surface area contributed by atoms with Crippen LogP contribution in [0.3, 0.4) is 0 Å². The third-order valence-corrected chi connectivity index (χ3v) is 4.46. The average molecular weight is 317 g/mol. The minimum absolute atomic E-state index is 0.361. The molecule has 1 atom stereocenters. The van der Waals surface area contributed by atoms with E-state index in [0.29, 0.717) is 4.83 Å². The Morgan fingerprint density at radius 1 is 1.11 bits per heavy atom. The predicted octanol–water partition coefficient (Wildman–Crippen LogP) is 4.70. The second-order valence-electron chi connectivity index (χ2n) is 5.18. The van der Waals surface area contributed by atoms with Gasteiger partial charge in [-0.3, -0.25) is 0 Å². The molecule has 3 rings (SSSR count). The summed E-state index contributed by atoms with van der Waals surface area (Å²) in [5.41, 5.74) is 6.70. The minimum Gasteiger partial charge on any atom is -0.372 e. The van der Waals surface area contributed by atoms with Gasteiger partial charge < -0.3 is 4.74 Å². The van der Waals surface area contributed by atoms with Crippen LogP contribution >= 0.6 is 15.9 Å². The molecule has 2 heteroatoms. The highest BCUT2D eigenvalue weighted by Crippen LogP contribution is 2.30. The lowest BCUT2D eigenvalue weighted by Gasteiger charge is -2.12. The maximum atomic E-state index is 5.47. The first-order valence-electron chi connectivity index (χ1n) is 6.61. The van der Waals surface area contributed by atoms with Gasteiger partial charge in [-0.05, 0) is 35.6 Å². The minimum atomic E-state index is 0.361. The molecule has 1 aliphatic rings. The number of halogens is 1. The van der Waals surface area contributed by atoms with E-state index >= 15 is 0 Å². The van der Waals surface area contributed by atoms with Crippen molar-refractivity contribution in [2.24, 2.45) is 0 Å². The molecule has 0 saturated heterocycles. The third-order valence-electron chi connectivity index (χ3n) is 3.60. The Kier molecular flexibility index (Phi) is 3.72. The van der Waals surface area contributed by atoms with Crippen LogP contribution in [0, 0.1) is 6.92 Å². The standard InChI is InChI=1S/C17H17BrO/c1-12-3-2-4-13(7-12)8-17(18)14-5-6-15-10-19-11-16(15)9-14/h2-7,9,17H,8,10-11H2,1H3. The van der Waals surface area contributed by atoms with Crippen molar-refractivity contribution in [3.05, 3.63) is 70.3 Å². The van der Waals surface area contributed by atoms with Crippen molar-refractivity contribution in [2.75, 3.05) is 0 Å². The number of benzene rings is 2. The zero-order valence-electron chi connectivity index (χ0n) is 11.0. The van der Waals surface area contributed by atoms with E-state index in [1.807, 2.05) is 0 Å². The summed E-state index contributed by atoms with van der Waals surface area (Å²) in [6.07, 6.45) is 1.02. The molecule has 2 aromatic carbocycles. The van der Waals surface area contributed by atoms with Crippen LogP contribution in [0.25, 0.3) is 0 Å². The number of aryl methyl sites for hydroxylation is 1. The molecule has 0 aromatic heterocycles. The Morgan fingerprint density at radius 2 is 1.95 bits per heavy atom. The highest BCUT2D eigenvalue weighted by atomic mass is 79.9. The molecule has 0 saturated carbocycles. The molecule has 1 nitrogen and oxygen atoms in total. The summed E-state index contributed by atoms with van der Waals surface area (Å²) in [6, 6.07) is 15.4. The molecular weight excluding hydrogens is 300 g/mol. The van der Waals surface area contributed by atoms with E-state index in [0.717, 1.165) is 19.6 Å². The fraction of sp³-hybridized carbons (Fsp3) is 0.294. The van der Waals surface area contributed by atoms with E-state index in [1.54, 1.807) is 0 Å². The van der Waals surface area contributed by atoms with Crippen LogP contribution in [-0.2, 0) is 24.4 Å². The summed E-state index contributed by atoms with van der Waals surface area (Å²) in [7, 11) is 0. The molecule has 1 unspecified atom stereocenters. The highest BCUT2D eigenvalue weighted by molar-refractivity contribution is 9.09. The lowest BCUT2D eigenvalue weighted by atomic mass is 10.00. The Hall–Kier alpha value is -1.12. The topological polar surface area (TPSA) is 9.23 Å². The first-order chi connectivity index (χ1) is 9.22. The highest BCUT2D eigenvalue weighted by Gasteiger charge is 2.15. The van der Waals surface area contributed by atoms with Crippen LogP contribution in [0.4, 0.5) is 0 Å². The molecule has 0 bridgehead atoms. The molecule has 1 aliphatic heterocycles. The summed E-state index contributed by atoms with van der Waals surface area (Å²) >= 11 is 3.81. The SMILES string of the molecule is Cc1cccc(CC(Br)c2ccc3c(c2)COC3)c1. The molecule has 0 aliphatic carbocycles. The second kappa shape index (κ2) is 5.48. The Bertz CT molecular complexity index is 592. The molecule has 0 amide bonds. The molecule has 0 spiro atoms. The summed E-state index contributed by atoms with van der Waals surface area (Å²) in [5.74, 6) is 0. The molecular formula is C17H17BrO. The van der Waals surface area contributed by atoms with Crippen molar-refractivity contribution in [2.45, 2.75) is 31.4 Å². The van der Waals surface area contributed by atoms with Gasteiger partial charge in [0.05, 0.1) is 13.2 Å². The maximum Gasteiger partial charge on any atom is 0.0725 e. The molecule has 19 heavy (non-hydrogen) atoms. The van der Waals surface area contributed by atoms with E-state index in [4.69, 9.17) is 4.74 Å². The van der Waals surface area contributed by atoms with Crippen molar-refractivity contribution < 1.29 is 4.74 Å². The fourth-order valence-corrected chi connectivity index (χ4v) is 3.21. The maximum absolute atomic E-state index is 5.47. The summed E-state index contributed by atoms with van der Waals surface area (Å²) < 4.78 is 5.47. The number of ether oxygens (including phenoxy) is 1. The van der Waals surface area contributed by atoms with Gasteiger partial charge in [-0.15, -0.1) is 0 Å². The second-order valence-corrected chi connectivity index (χ2v) is 6.29. The van der Waals surface area contributed by atoms with Crippen molar-refractivity contribution in [1.29, 1.82) is 0 Å². The quantitative estimate of drug-likeness (QED) is 0.745. The average Bonchev–Trinajstić information content (AvgIpc) is 2.85. The van der Waals surface area contributed by atoms with Crippen molar-refractivity contribution in [1.82, 2.24) is 0 Å². The predicted molar refractivity (Wildman–Crippen MR) is 81.5 cm³/mol. The van der Waals surface area contributed by atoms with Gasteiger partial charge in [-0.2, -0.15) is 0 Å². The molecule has 0 fully saturated rings. The van der Waals surface area contributed by atoms with Gasteiger partial charge in [-0.25, -0.2) is 0 Å². The van der Waals surface area contributed by atoms with Crippen LogP contribution in [-0.4, -0.2) is 0 Å². The van der Waals surface area contributed by atoms with Crippen molar-refractivity contribution in [3.8, 4) is 0 Å². The lowest BCUT2D eigenvalue weighted by Crippen LogP contribution is -1.97. The van der Waals surface area contributed by atoms with E-state index in [2.05, 4.69) is 65.3 Å². The molecule has 2 aromatic rings. The van der Waals surface area contributed by atoms with Crippen LogP contribution in [0.1, 0.15) is 32.6 Å². The monoisotopic (exact) mass is 316 g/mol. The van der Waals surface area contributed by atoms with Gasteiger partial charge in [0.15, 0.2) is 0 Å². The van der Waals surface area contributed by atoms with E-state index < -0.39 is 0 Å². The van der Waals surface area contributed by atoms with Crippen LogP contribution < -0.4 is 0 Å². The van der Waals surface area contributed by atoms with Gasteiger partial charge in [0.25, 0.3) is 0 Å². The Morgan fingerprint density at radius 3 is 2.79 bits per heavy atom. The molecule has 0 radical (unpaired) electrons. The van der Waals surface area contributed by atoms with Gasteiger partial charge >= 0.3 is 0 Å². The first-order valence-corrected chi connectivity index (χ1v) is 7.53. The number of rotatable bonds is 3. The van der Waals surface area contributed by atoms with E-state index in [1.165, 1.54) is 27.8 Å². The van der Waals surface area contributed by atoms with E-state index in [-0.39, 0.29) is 0 Å². The van der Waals surface area contributed by atoms with Crippen molar-refractivity contribution >= 4 is 15.9 Å². The summed E-state index contributed by atoms with van der Waals surface area (Å²) in [4.78, 5) is 0.361. The largest absolute Gasteiger partial charge is 0.372 e. The van der Waals surface area contributed by atoms with Crippen LogP contribution in [0.15, 0.2) is 42.5 Å². The van der Waals surface area contributed by atoms with Gasteiger partial charge in [0.1, 0.15) is 0 Å². The van der Waals surface area contributed by atoms with Gasteiger partial charge in [-0.1, -0.05) is 64.0 Å². The number of hydrogen-bond donors (Lipinski definition) is 0. The van der Waals surface area contributed by atoms with Crippen molar-refractivity contribution in [3.63, 3.8) is 0 Å². The number of fused-ring (bicyclic) bond motifs is 1. The first kappa shape index (κ1) is 12.9. The van der Waals surface area contributed by atoms with Crippen LogP contribution in [0.2, 0.25) is 0 Å².